The Bertz CT molecular complexity index is 484. The Hall–Kier alpha value is -1.22. The van der Waals surface area contributed by atoms with E-state index in [1.807, 2.05) is 0 Å². The van der Waals surface area contributed by atoms with Gasteiger partial charge < -0.3 is 0 Å². The number of nitrogens with zero attached hydrogens (tertiary/aromatic N) is 1. The second-order valence-corrected chi connectivity index (χ2v) is 6.11. The lowest BCUT2D eigenvalue weighted by atomic mass is 9.97. The third-order valence-corrected chi connectivity index (χ3v) is 4.49. The number of likely N-dealkylation sites (tertiary alicyclic amines) is 1. The van der Waals surface area contributed by atoms with Crippen LogP contribution in [0.15, 0.2) is 18.2 Å². The van der Waals surface area contributed by atoms with E-state index in [9.17, 15) is 9.18 Å². The minimum absolute atomic E-state index is 0.0507. The van der Waals surface area contributed by atoms with Crippen molar-refractivity contribution in [2.24, 2.45) is 0 Å². The molecule has 1 aliphatic heterocycles. The molecule has 0 spiro atoms. The second kappa shape index (κ2) is 7.69. The fourth-order valence-electron chi connectivity index (χ4n) is 3.17. The number of ketones is 1. The Morgan fingerprint density at radius 1 is 1.38 bits per heavy atom. The highest BCUT2D eigenvalue weighted by molar-refractivity contribution is 5.96. The highest BCUT2D eigenvalue weighted by Crippen LogP contribution is 2.21. The highest BCUT2D eigenvalue weighted by Gasteiger charge is 2.22. The van der Waals surface area contributed by atoms with Crippen LogP contribution < -0.4 is 0 Å². The molecular weight excluding hydrogens is 265 g/mol. The van der Waals surface area contributed by atoms with Crippen LogP contribution in [0, 0.1) is 12.7 Å². The van der Waals surface area contributed by atoms with E-state index in [2.05, 4.69) is 11.8 Å². The van der Waals surface area contributed by atoms with E-state index in [0.717, 1.165) is 13.1 Å². The summed E-state index contributed by atoms with van der Waals surface area (Å²) in [6.07, 6.45) is 6.68. The maximum absolute atomic E-state index is 13.5. The number of aryl methyl sites for hydroxylation is 1. The van der Waals surface area contributed by atoms with Gasteiger partial charge in [-0.3, -0.25) is 9.69 Å². The lowest BCUT2D eigenvalue weighted by Crippen LogP contribution is -2.40. The first-order chi connectivity index (χ1) is 10.1. The first kappa shape index (κ1) is 16.2. The molecule has 1 unspecified atom stereocenters. The lowest BCUT2D eigenvalue weighted by molar-refractivity contribution is 0.0918. The number of carbonyl (C=O) groups is 1. The summed E-state index contributed by atoms with van der Waals surface area (Å²) in [4.78, 5) is 14.7. The zero-order valence-corrected chi connectivity index (χ0v) is 13.2. The topological polar surface area (TPSA) is 20.3 Å². The minimum atomic E-state index is -0.289. The zero-order valence-electron chi connectivity index (χ0n) is 13.2. The molecule has 0 saturated carbocycles. The summed E-state index contributed by atoms with van der Waals surface area (Å²) in [5.41, 5.74) is 1.09. The molecule has 21 heavy (non-hydrogen) atoms. The molecule has 2 rings (SSSR count). The number of piperidine rings is 1. The molecule has 1 heterocycles. The Morgan fingerprint density at radius 3 is 2.90 bits per heavy atom. The second-order valence-electron chi connectivity index (χ2n) is 6.11. The summed E-state index contributed by atoms with van der Waals surface area (Å²) in [7, 11) is 0. The fraction of sp³-hybridized carbons (Fsp3) is 0.611. The van der Waals surface area contributed by atoms with Gasteiger partial charge in [-0.1, -0.05) is 31.9 Å². The molecule has 0 bridgehead atoms. The molecule has 116 valence electrons. The predicted molar refractivity (Wildman–Crippen MR) is 84.2 cm³/mol. The molecule has 1 saturated heterocycles. The van der Waals surface area contributed by atoms with Gasteiger partial charge in [0.25, 0.3) is 0 Å². The SMILES string of the molecule is CCCC1CCCCN1CCC(=O)c1ccc(C)c(F)c1. The number of carbonyl (C=O) groups excluding carboxylic acids is 1. The van der Waals surface area contributed by atoms with Crippen molar-refractivity contribution in [3.8, 4) is 0 Å². The van der Waals surface area contributed by atoms with Crippen LogP contribution in [0.3, 0.4) is 0 Å². The van der Waals surface area contributed by atoms with Crippen LogP contribution >= 0.6 is 0 Å². The van der Waals surface area contributed by atoms with E-state index in [1.54, 1.807) is 19.1 Å². The third-order valence-electron chi connectivity index (χ3n) is 4.49. The number of halogens is 1. The maximum atomic E-state index is 13.5. The smallest absolute Gasteiger partial charge is 0.164 e. The summed E-state index contributed by atoms with van der Waals surface area (Å²) in [6.45, 7) is 5.83. The van der Waals surface area contributed by atoms with Crippen molar-refractivity contribution >= 4 is 5.78 Å². The van der Waals surface area contributed by atoms with Crippen molar-refractivity contribution in [3.05, 3.63) is 35.1 Å². The molecule has 1 aromatic rings. The predicted octanol–water partition coefficient (Wildman–Crippen LogP) is 4.36. The minimum Gasteiger partial charge on any atom is -0.300 e. The summed E-state index contributed by atoms with van der Waals surface area (Å²) in [6, 6.07) is 5.42. The van der Waals surface area contributed by atoms with Gasteiger partial charge in [0, 0.05) is 24.6 Å². The van der Waals surface area contributed by atoms with Crippen LogP contribution in [0.25, 0.3) is 0 Å². The molecule has 0 radical (unpaired) electrons. The van der Waals surface area contributed by atoms with E-state index in [0.29, 0.717) is 23.6 Å². The number of rotatable bonds is 6. The van der Waals surface area contributed by atoms with E-state index in [1.165, 1.54) is 38.2 Å². The molecule has 0 N–H and O–H groups in total. The van der Waals surface area contributed by atoms with Crippen molar-refractivity contribution in [2.75, 3.05) is 13.1 Å². The largest absolute Gasteiger partial charge is 0.300 e. The van der Waals surface area contributed by atoms with E-state index < -0.39 is 0 Å². The normalized spacial score (nSPS) is 19.7. The van der Waals surface area contributed by atoms with Gasteiger partial charge in [0.1, 0.15) is 5.82 Å². The van der Waals surface area contributed by atoms with Crippen molar-refractivity contribution in [2.45, 2.75) is 58.4 Å². The standard InChI is InChI=1S/C18H26FNO/c1-3-6-16-7-4-5-11-20(16)12-10-18(21)15-9-8-14(2)17(19)13-15/h8-9,13,16H,3-7,10-12H2,1-2H3. The molecule has 0 amide bonds. The molecular formula is C18H26FNO. The van der Waals surface area contributed by atoms with Gasteiger partial charge in [0.15, 0.2) is 5.78 Å². The molecule has 0 aromatic heterocycles. The van der Waals surface area contributed by atoms with Crippen LogP contribution in [-0.2, 0) is 0 Å². The molecule has 3 heteroatoms. The molecule has 2 nitrogen and oxygen atoms in total. The maximum Gasteiger partial charge on any atom is 0.164 e. The van der Waals surface area contributed by atoms with E-state index in [-0.39, 0.29) is 11.6 Å². The Kier molecular flexibility index (Phi) is 5.92. The van der Waals surface area contributed by atoms with Gasteiger partial charge in [-0.05, 0) is 44.4 Å². The summed E-state index contributed by atoms with van der Waals surface area (Å²) in [5.74, 6) is -0.239. The van der Waals surface area contributed by atoms with E-state index >= 15 is 0 Å². The van der Waals surface area contributed by atoms with Gasteiger partial charge in [0.2, 0.25) is 0 Å². The summed E-state index contributed by atoms with van der Waals surface area (Å²) in [5, 5.41) is 0. The molecule has 1 aliphatic rings. The third kappa shape index (κ3) is 4.37. The average Bonchev–Trinajstić information content (AvgIpc) is 2.49. The number of hydrogen-bond donors (Lipinski definition) is 0. The number of benzene rings is 1. The molecule has 1 aromatic carbocycles. The molecule has 1 fully saturated rings. The monoisotopic (exact) mass is 291 g/mol. The summed E-state index contributed by atoms with van der Waals surface area (Å²) >= 11 is 0. The molecule has 1 atom stereocenters. The molecule has 0 aliphatic carbocycles. The zero-order chi connectivity index (χ0) is 15.2. The van der Waals surface area contributed by atoms with Gasteiger partial charge in [-0.15, -0.1) is 0 Å². The lowest BCUT2D eigenvalue weighted by Gasteiger charge is -2.35. The van der Waals surface area contributed by atoms with Crippen molar-refractivity contribution in [1.82, 2.24) is 4.90 Å². The average molecular weight is 291 g/mol. The number of hydrogen-bond acceptors (Lipinski definition) is 2. The van der Waals surface area contributed by atoms with Gasteiger partial charge in [0.05, 0.1) is 0 Å². The van der Waals surface area contributed by atoms with Crippen molar-refractivity contribution < 1.29 is 9.18 Å². The van der Waals surface area contributed by atoms with Crippen LogP contribution in [0.5, 0.6) is 0 Å². The van der Waals surface area contributed by atoms with Gasteiger partial charge in [-0.2, -0.15) is 0 Å². The van der Waals surface area contributed by atoms with Crippen LogP contribution in [0.4, 0.5) is 4.39 Å². The number of Topliss-reactive ketones (excluding diaryl/α,β-unsaturated/α-hetero) is 1. The van der Waals surface area contributed by atoms with Gasteiger partial charge >= 0.3 is 0 Å². The first-order valence-electron chi connectivity index (χ1n) is 8.15. The Labute approximate surface area is 127 Å². The van der Waals surface area contributed by atoms with E-state index in [4.69, 9.17) is 0 Å². The van der Waals surface area contributed by atoms with Crippen LogP contribution in [0.1, 0.15) is 61.4 Å². The highest BCUT2D eigenvalue weighted by atomic mass is 19.1. The summed E-state index contributed by atoms with van der Waals surface area (Å²) < 4.78 is 13.5. The van der Waals surface area contributed by atoms with Crippen molar-refractivity contribution in [1.29, 1.82) is 0 Å². The Morgan fingerprint density at radius 2 is 2.19 bits per heavy atom. The Balaban J connectivity index is 1.91. The first-order valence-corrected chi connectivity index (χ1v) is 8.15. The van der Waals surface area contributed by atoms with Crippen LogP contribution in [0.2, 0.25) is 0 Å². The van der Waals surface area contributed by atoms with Crippen LogP contribution in [-0.4, -0.2) is 29.8 Å². The fourth-order valence-corrected chi connectivity index (χ4v) is 3.17. The quantitative estimate of drug-likeness (QED) is 0.726. The van der Waals surface area contributed by atoms with Crippen molar-refractivity contribution in [3.63, 3.8) is 0 Å². The van der Waals surface area contributed by atoms with Gasteiger partial charge in [-0.25, -0.2) is 4.39 Å².